The van der Waals surface area contributed by atoms with Crippen LogP contribution in [0.2, 0.25) is 0 Å². The van der Waals surface area contributed by atoms with Gasteiger partial charge in [0.25, 0.3) is 0 Å². The summed E-state index contributed by atoms with van der Waals surface area (Å²) in [4.78, 5) is 11.2. The maximum absolute atomic E-state index is 5.84. The predicted molar refractivity (Wildman–Crippen MR) is 76.6 cm³/mol. The molecule has 2 aromatic heterocycles. The number of anilines is 1. The molecule has 84 valence electrons. The first kappa shape index (κ1) is 11.8. The average Bonchev–Trinajstić information content (AvgIpc) is 2.73. The SMILES string of the molecule is CCc1ccc(-c2nc(C)c(I)c(N)n2)s1. The fraction of sp³-hybridized carbons (Fsp3) is 0.273. The van der Waals surface area contributed by atoms with Crippen molar-refractivity contribution in [2.75, 3.05) is 5.73 Å². The fourth-order valence-corrected chi connectivity index (χ4v) is 2.50. The molecule has 0 unspecified atom stereocenters. The molecule has 2 rings (SSSR count). The number of hydrogen-bond acceptors (Lipinski definition) is 4. The lowest BCUT2D eigenvalue weighted by atomic mass is 10.3. The van der Waals surface area contributed by atoms with Crippen molar-refractivity contribution in [2.24, 2.45) is 0 Å². The Bertz CT molecular complexity index is 499. The lowest BCUT2D eigenvalue weighted by Crippen LogP contribution is -2.01. The van der Waals surface area contributed by atoms with Gasteiger partial charge in [0.05, 0.1) is 14.1 Å². The second-order valence-electron chi connectivity index (χ2n) is 3.45. The molecule has 0 amide bonds. The van der Waals surface area contributed by atoms with E-state index in [1.807, 2.05) is 6.92 Å². The van der Waals surface area contributed by atoms with E-state index in [-0.39, 0.29) is 0 Å². The van der Waals surface area contributed by atoms with E-state index < -0.39 is 0 Å². The number of nitrogens with zero attached hydrogens (tertiary/aromatic N) is 2. The third kappa shape index (κ3) is 2.20. The number of aryl methyl sites for hydroxylation is 2. The van der Waals surface area contributed by atoms with Gasteiger partial charge in [-0.25, -0.2) is 9.97 Å². The third-order valence-electron chi connectivity index (χ3n) is 2.27. The maximum atomic E-state index is 5.84. The number of halogens is 1. The van der Waals surface area contributed by atoms with E-state index in [1.165, 1.54) is 4.88 Å². The van der Waals surface area contributed by atoms with Crippen LogP contribution in [-0.4, -0.2) is 9.97 Å². The Kier molecular flexibility index (Phi) is 3.44. The van der Waals surface area contributed by atoms with E-state index in [4.69, 9.17) is 5.73 Å². The Morgan fingerprint density at radius 2 is 2.12 bits per heavy atom. The summed E-state index contributed by atoms with van der Waals surface area (Å²) >= 11 is 3.90. The van der Waals surface area contributed by atoms with Gasteiger partial charge < -0.3 is 5.73 Å². The predicted octanol–water partition coefficient (Wildman–Crippen LogP) is 3.26. The molecule has 0 atom stereocenters. The van der Waals surface area contributed by atoms with E-state index in [2.05, 4.69) is 51.6 Å². The van der Waals surface area contributed by atoms with E-state index in [9.17, 15) is 0 Å². The monoisotopic (exact) mass is 345 g/mol. The van der Waals surface area contributed by atoms with Gasteiger partial charge in [-0.1, -0.05) is 6.92 Å². The first-order valence-electron chi connectivity index (χ1n) is 5.00. The number of thiophene rings is 1. The minimum absolute atomic E-state index is 0.564. The lowest BCUT2D eigenvalue weighted by molar-refractivity contribution is 1.11. The summed E-state index contributed by atoms with van der Waals surface area (Å²) in [6, 6.07) is 4.18. The minimum atomic E-state index is 0.564. The van der Waals surface area contributed by atoms with E-state index in [1.54, 1.807) is 11.3 Å². The number of hydrogen-bond donors (Lipinski definition) is 1. The largest absolute Gasteiger partial charge is 0.383 e. The zero-order valence-electron chi connectivity index (χ0n) is 9.12. The van der Waals surface area contributed by atoms with Crippen LogP contribution in [0.3, 0.4) is 0 Å². The summed E-state index contributed by atoms with van der Waals surface area (Å²) in [5, 5.41) is 0. The molecule has 0 saturated carbocycles. The normalized spacial score (nSPS) is 10.7. The van der Waals surface area contributed by atoms with Gasteiger partial charge in [-0.05, 0) is 48.1 Å². The molecule has 3 nitrogen and oxygen atoms in total. The summed E-state index contributed by atoms with van der Waals surface area (Å²) in [7, 11) is 0. The molecular formula is C11H12IN3S. The van der Waals surface area contributed by atoms with Gasteiger partial charge in [0.2, 0.25) is 0 Å². The fourth-order valence-electron chi connectivity index (χ4n) is 1.38. The van der Waals surface area contributed by atoms with Gasteiger partial charge >= 0.3 is 0 Å². The van der Waals surface area contributed by atoms with Crippen molar-refractivity contribution in [2.45, 2.75) is 20.3 Å². The van der Waals surface area contributed by atoms with Crippen LogP contribution < -0.4 is 5.73 Å². The number of aromatic nitrogens is 2. The molecule has 16 heavy (non-hydrogen) atoms. The van der Waals surface area contributed by atoms with Crippen LogP contribution in [0.15, 0.2) is 12.1 Å². The van der Waals surface area contributed by atoms with E-state index >= 15 is 0 Å². The van der Waals surface area contributed by atoms with E-state index in [0.29, 0.717) is 5.82 Å². The zero-order chi connectivity index (χ0) is 11.7. The van der Waals surface area contributed by atoms with Crippen molar-refractivity contribution in [1.82, 2.24) is 9.97 Å². The van der Waals surface area contributed by atoms with Crippen LogP contribution in [-0.2, 0) is 6.42 Å². The van der Waals surface area contributed by atoms with Gasteiger partial charge in [0, 0.05) is 4.88 Å². The molecule has 2 N–H and O–H groups in total. The van der Waals surface area contributed by atoms with Gasteiger partial charge in [-0.3, -0.25) is 0 Å². The molecule has 0 aromatic carbocycles. The molecule has 0 aliphatic heterocycles. The van der Waals surface area contributed by atoms with Crippen molar-refractivity contribution in [3.63, 3.8) is 0 Å². The topological polar surface area (TPSA) is 51.8 Å². The first-order valence-corrected chi connectivity index (χ1v) is 6.90. The van der Waals surface area contributed by atoms with Crippen molar-refractivity contribution >= 4 is 39.7 Å². The van der Waals surface area contributed by atoms with Gasteiger partial charge in [-0.15, -0.1) is 11.3 Å². The highest BCUT2D eigenvalue weighted by atomic mass is 127. The Morgan fingerprint density at radius 3 is 2.69 bits per heavy atom. The number of nitrogens with two attached hydrogens (primary N) is 1. The molecule has 0 aliphatic carbocycles. The van der Waals surface area contributed by atoms with Crippen molar-refractivity contribution in [3.05, 3.63) is 26.3 Å². The summed E-state index contributed by atoms with van der Waals surface area (Å²) in [6.45, 7) is 4.10. The minimum Gasteiger partial charge on any atom is -0.383 e. The van der Waals surface area contributed by atoms with Gasteiger partial charge in [-0.2, -0.15) is 0 Å². The highest BCUT2D eigenvalue weighted by Crippen LogP contribution is 2.28. The maximum Gasteiger partial charge on any atom is 0.171 e. The molecular weight excluding hydrogens is 333 g/mol. The van der Waals surface area contributed by atoms with Gasteiger partial charge in [0.15, 0.2) is 5.82 Å². The standard InChI is InChI=1S/C11H12IN3S/c1-3-7-4-5-8(16-7)11-14-6(2)9(12)10(13)15-11/h4-5H,3H2,1-2H3,(H2,13,14,15). The Labute approximate surface area is 112 Å². The van der Waals surface area contributed by atoms with Crippen LogP contribution in [0.4, 0.5) is 5.82 Å². The van der Waals surface area contributed by atoms with Crippen LogP contribution in [0.5, 0.6) is 0 Å². The van der Waals surface area contributed by atoms with E-state index in [0.717, 1.165) is 26.4 Å². The molecule has 0 fully saturated rings. The Hall–Kier alpha value is -0.690. The van der Waals surface area contributed by atoms with Crippen molar-refractivity contribution in [1.29, 1.82) is 0 Å². The number of nitrogen functional groups attached to an aromatic ring is 1. The average molecular weight is 345 g/mol. The van der Waals surface area contributed by atoms with Crippen LogP contribution >= 0.6 is 33.9 Å². The molecule has 5 heteroatoms. The second kappa shape index (κ2) is 4.67. The summed E-state index contributed by atoms with van der Waals surface area (Å²) in [6.07, 6.45) is 1.05. The van der Waals surface area contributed by atoms with Crippen molar-refractivity contribution < 1.29 is 0 Å². The Morgan fingerprint density at radius 1 is 1.38 bits per heavy atom. The summed E-state index contributed by atoms with van der Waals surface area (Å²) in [5.74, 6) is 1.30. The smallest absolute Gasteiger partial charge is 0.171 e. The highest BCUT2D eigenvalue weighted by molar-refractivity contribution is 14.1. The first-order chi connectivity index (χ1) is 7.61. The number of rotatable bonds is 2. The Balaban J connectivity index is 2.48. The molecule has 0 bridgehead atoms. The zero-order valence-corrected chi connectivity index (χ0v) is 12.1. The lowest BCUT2D eigenvalue weighted by Gasteiger charge is -2.03. The summed E-state index contributed by atoms with van der Waals surface area (Å²) in [5.41, 5.74) is 6.78. The molecule has 0 aliphatic rings. The molecule has 2 aromatic rings. The van der Waals surface area contributed by atoms with Gasteiger partial charge in [0.1, 0.15) is 5.82 Å². The highest BCUT2D eigenvalue weighted by Gasteiger charge is 2.10. The van der Waals surface area contributed by atoms with Crippen LogP contribution in [0.25, 0.3) is 10.7 Å². The second-order valence-corrected chi connectivity index (χ2v) is 5.70. The van der Waals surface area contributed by atoms with Crippen LogP contribution in [0, 0.1) is 10.5 Å². The molecule has 0 radical (unpaired) electrons. The van der Waals surface area contributed by atoms with Crippen molar-refractivity contribution in [3.8, 4) is 10.7 Å². The summed E-state index contributed by atoms with van der Waals surface area (Å²) < 4.78 is 0.939. The third-order valence-corrected chi connectivity index (χ3v) is 4.83. The van der Waals surface area contributed by atoms with Crippen LogP contribution in [0.1, 0.15) is 17.5 Å². The molecule has 2 heterocycles. The quantitative estimate of drug-likeness (QED) is 0.850. The molecule has 0 spiro atoms. The molecule has 0 saturated heterocycles.